The van der Waals surface area contributed by atoms with Crippen LogP contribution in [-0.2, 0) is 4.79 Å². The Morgan fingerprint density at radius 1 is 1.64 bits per heavy atom. The molecule has 1 aromatic rings. The number of H-pyrrole nitrogens is 1. The molecule has 1 N–H and O–H groups in total. The van der Waals surface area contributed by atoms with Gasteiger partial charge in [-0.05, 0) is 0 Å². The van der Waals surface area contributed by atoms with Crippen molar-refractivity contribution in [1.29, 1.82) is 0 Å². The zero-order valence-corrected chi connectivity index (χ0v) is 6.08. The van der Waals surface area contributed by atoms with E-state index < -0.39 is 0 Å². The first kappa shape index (κ1) is 6.39. The number of imidazole rings is 1. The molecule has 0 saturated carbocycles. The standard InChI is InChI=1S/C7H9N3O/c11-6-1-4-10(5-6)7-8-2-3-9-7/h2-3H,1,4-5H2,(H,8,9). The molecule has 1 saturated heterocycles. The van der Waals surface area contributed by atoms with Crippen molar-refractivity contribution in [3.8, 4) is 0 Å². The molecule has 4 nitrogen and oxygen atoms in total. The summed E-state index contributed by atoms with van der Waals surface area (Å²) in [5, 5.41) is 0. The predicted molar refractivity (Wildman–Crippen MR) is 40.4 cm³/mol. The minimum absolute atomic E-state index is 0.293. The van der Waals surface area contributed by atoms with E-state index in [1.54, 1.807) is 12.4 Å². The molecule has 0 aliphatic carbocycles. The summed E-state index contributed by atoms with van der Waals surface area (Å²) in [5.41, 5.74) is 0. The lowest BCUT2D eigenvalue weighted by atomic mass is 10.4. The van der Waals surface area contributed by atoms with Gasteiger partial charge in [0.25, 0.3) is 0 Å². The molecular formula is C7H9N3O. The molecule has 1 aliphatic rings. The Hall–Kier alpha value is -1.32. The van der Waals surface area contributed by atoms with Crippen LogP contribution in [0.25, 0.3) is 0 Å². The Kier molecular flexibility index (Phi) is 1.38. The minimum Gasteiger partial charge on any atom is -0.335 e. The first-order chi connectivity index (χ1) is 5.36. The Morgan fingerprint density at radius 2 is 2.55 bits per heavy atom. The molecule has 1 aliphatic heterocycles. The van der Waals surface area contributed by atoms with E-state index in [1.165, 1.54) is 0 Å². The van der Waals surface area contributed by atoms with Gasteiger partial charge in [0.05, 0.1) is 6.54 Å². The topological polar surface area (TPSA) is 49.0 Å². The van der Waals surface area contributed by atoms with E-state index in [2.05, 4.69) is 9.97 Å². The number of ketones is 1. The van der Waals surface area contributed by atoms with E-state index >= 15 is 0 Å². The summed E-state index contributed by atoms with van der Waals surface area (Å²) in [4.78, 5) is 19.8. The molecular weight excluding hydrogens is 142 g/mol. The number of rotatable bonds is 1. The van der Waals surface area contributed by atoms with Gasteiger partial charge in [0.1, 0.15) is 0 Å². The predicted octanol–water partition coefficient (Wildman–Crippen LogP) is 0.189. The largest absolute Gasteiger partial charge is 0.335 e. The van der Waals surface area contributed by atoms with Crippen LogP contribution in [-0.4, -0.2) is 28.8 Å². The first-order valence-corrected chi connectivity index (χ1v) is 3.62. The van der Waals surface area contributed by atoms with Crippen LogP contribution in [0.5, 0.6) is 0 Å². The maximum Gasteiger partial charge on any atom is 0.203 e. The van der Waals surface area contributed by atoms with Crippen molar-refractivity contribution in [2.45, 2.75) is 6.42 Å². The minimum atomic E-state index is 0.293. The molecule has 0 unspecified atom stereocenters. The average molecular weight is 151 g/mol. The zero-order valence-electron chi connectivity index (χ0n) is 6.08. The monoisotopic (exact) mass is 151 g/mol. The van der Waals surface area contributed by atoms with Gasteiger partial charge in [-0.3, -0.25) is 4.79 Å². The highest BCUT2D eigenvalue weighted by molar-refractivity contribution is 5.86. The Bertz CT molecular complexity index is 255. The molecule has 1 fully saturated rings. The maximum atomic E-state index is 10.9. The Labute approximate surface area is 64.2 Å². The third kappa shape index (κ3) is 1.11. The van der Waals surface area contributed by atoms with Crippen molar-refractivity contribution in [3.63, 3.8) is 0 Å². The summed E-state index contributed by atoms with van der Waals surface area (Å²) >= 11 is 0. The van der Waals surface area contributed by atoms with Crippen LogP contribution in [0.15, 0.2) is 12.4 Å². The molecule has 0 spiro atoms. The number of Topliss-reactive ketones (excluding diaryl/α,β-unsaturated/α-hetero) is 1. The molecule has 4 heteroatoms. The molecule has 2 rings (SSSR count). The summed E-state index contributed by atoms with van der Waals surface area (Å²) in [7, 11) is 0. The van der Waals surface area contributed by atoms with Gasteiger partial charge in [0, 0.05) is 25.4 Å². The lowest BCUT2D eigenvalue weighted by Gasteiger charge is -2.10. The van der Waals surface area contributed by atoms with Crippen LogP contribution in [0.3, 0.4) is 0 Å². The highest BCUT2D eigenvalue weighted by atomic mass is 16.1. The summed E-state index contributed by atoms with van der Waals surface area (Å²) < 4.78 is 0. The van der Waals surface area contributed by atoms with Crippen molar-refractivity contribution in [1.82, 2.24) is 9.97 Å². The van der Waals surface area contributed by atoms with Crippen LogP contribution < -0.4 is 4.90 Å². The van der Waals surface area contributed by atoms with Gasteiger partial charge in [0.15, 0.2) is 5.78 Å². The van der Waals surface area contributed by atoms with Crippen LogP contribution in [0, 0.1) is 0 Å². The number of anilines is 1. The van der Waals surface area contributed by atoms with E-state index in [-0.39, 0.29) is 0 Å². The first-order valence-electron chi connectivity index (χ1n) is 3.62. The summed E-state index contributed by atoms with van der Waals surface area (Å²) in [6.07, 6.45) is 4.11. The van der Waals surface area contributed by atoms with Crippen LogP contribution in [0.4, 0.5) is 5.95 Å². The zero-order chi connectivity index (χ0) is 7.68. The van der Waals surface area contributed by atoms with Crippen molar-refractivity contribution in [3.05, 3.63) is 12.4 Å². The van der Waals surface area contributed by atoms with Gasteiger partial charge in [-0.1, -0.05) is 0 Å². The second kappa shape index (κ2) is 2.38. The van der Waals surface area contributed by atoms with E-state index in [0.29, 0.717) is 18.7 Å². The Morgan fingerprint density at radius 3 is 3.09 bits per heavy atom. The second-order valence-corrected chi connectivity index (χ2v) is 2.62. The number of nitrogens with zero attached hydrogens (tertiary/aromatic N) is 2. The molecule has 0 aromatic carbocycles. The van der Waals surface area contributed by atoms with E-state index in [1.807, 2.05) is 4.90 Å². The molecule has 0 atom stereocenters. The molecule has 0 bridgehead atoms. The third-order valence-electron chi connectivity index (χ3n) is 1.81. The Balaban J connectivity index is 2.13. The smallest absolute Gasteiger partial charge is 0.203 e. The summed E-state index contributed by atoms with van der Waals surface area (Å²) in [5.74, 6) is 1.09. The number of carbonyl (C=O) groups excluding carboxylic acids is 1. The number of nitrogens with one attached hydrogen (secondary N) is 1. The fourth-order valence-electron chi connectivity index (χ4n) is 1.24. The molecule has 11 heavy (non-hydrogen) atoms. The molecule has 0 radical (unpaired) electrons. The van der Waals surface area contributed by atoms with Gasteiger partial charge in [-0.15, -0.1) is 0 Å². The maximum absolute atomic E-state index is 10.9. The van der Waals surface area contributed by atoms with Crippen molar-refractivity contribution in [2.75, 3.05) is 18.0 Å². The highest BCUT2D eigenvalue weighted by Crippen LogP contribution is 2.11. The quantitative estimate of drug-likeness (QED) is 0.623. The van der Waals surface area contributed by atoms with Crippen molar-refractivity contribution >= 4 is 11.7 Å². The number of aromatic nitrogens is 2. The van der Waals surface area contributed by atoms with E-state index in [4.69, 9.17) is 0 Å². The molecule has 1 aromatic heterocycles. The van der Waals surface area contributed by atoms with Crippen LogP contribution in [0.1, 0.15) is 6.42 Å². The fourth-order valence-corrected chi connectivity index (χ4v) is 1.24. The lowest BCUT2D eigenvalue weighted by molar-refractivity contribution is -0.116. The molecule has 2 heterocycles. The SMILES string of the molecule is O=C1CCN(c2ncc[nH]2)C1. The highest BCUT2D eigenvalue weighted by Gasteiger charge is 2.20. The van der Waals surface area contributed by atoms with Gasteiger partial charge in [-0.25, -0.2) is 4.98 Å². The van der Waals surface area contributed by atoms with Crippen molar-refractivity contribution < 1.29 is 4.79 Å². The van der Waals surface area contributed by atoms with E-state index in [0.717, 1.165) is 12.5 Å². The number of aromatic amines is 1. The normalized spacial score (nSPS) is 17.8. The number of carbonyl (C=O) groups is 1. The van der Waals surface area contributed by atoms with Crippen molar-refractivity contribution in [2.24, 2.45) is 0 Å². The third-order valence-corrected chi connectivity index (χ3v) is 1.81. The van der Waals surface area contributed by atoms with Crippen LogP contribution >= 0.6 is 0 Å². The fraction of sp³-hybridized carbons (Fsp3) is 0.429. The van der Waals surface area contributed by atoms with Gasteiger partial charge in [-0.2, -0.15) is 0 Å². The average Bonchev–Trinajstić information content (AvgIpc) is 2.55. The van der Waals surface area contributed by atoms with Gasteiger partial charge < -0.3 is 9.88 Å². The van der Waals surface area contributed by atoms with Crippen LogP contribution in [0.2, 0.25) is 0 Å². The molecule has 58 valence electrons. The summed E-state index contributed by atoms with van der Waals surface area (Å²) in [6.45, 7) is 1.31. The van der Waals surface area contributed by atoms with Gasteiger partial charge >= 0.3 is 0 Å². The van der Waals surface area contributed by atoms with Gasteiger partial charge in [0.2, 0.25) is 5.95 Å². The summed E-state index contributed by atoms with van der Waals surface area (Å²) in [6, 6.07) is 0. The number of hydrogen-bond acceptors (Lipinski definition) is 3. The van der Waals surface area contributed by atoms with E-state index in [9.17, 15) is 4.79 Å². The lowest BCUT2D eigenvalue weighted by Crippen LogP contribution is -2.20. The number of hydrogen-bond donors (Lipinski definition) is 1. The molecule has 0 amide bonds. The second-order valence-electron chi connectivity index (χ2n) is 2.62.